The molecular weight excluding hydrogens is 188 g/mol. The fourth-order valence-corrected chi connectivity index (χ4v) is 1.77. The molecule has 0 radical (unpaired) electrons. The standard InChI is InChI=1S/C13H26O2/c1-6-8-12(9-7-2)11(5)15-13(14)10(3)4/h10-12H,6-9H2,1-5H3. The summed E-state index contributed by atoms with van der Waals surface area (Å²) in [7, 11) is 0. The van der Waals surface area contributed by atoms with Crippen LogP contribution in [-0.4, -0.2) is 12.1 Å². The molecule has 90 valence electrons. The second-order valence-corrected chi connectivity index (χ2v) is 4.63. The normalized spacial score (nSPS) is 13.3. The molecule has 0 amide bonds. The van der Waals surface area contributed by atoms with Crippen LogP contribution in [0.1, 0.15) is 60.3 Å². The van der Waals surface area contributed by atoms with Crippen molar-refractivity contribution < 1.29 is 9.53 Å². The Morgan fingerprint density at radius 2 is 1.53 bits per heavy atom. The van der Waals surface area contributed by atoms with Crippen molar-refractivity contribution in [2.75, 3.05) is 0 Å². The highest BCUT2D eigenvalue weighted by Crippen LogP contribution is 2.20. The predicted octanol–water partition coefficient (Wildman–Crippen LogP) is 3.79. The van der Waals surface area contributed by atoms with Crippen molar-refractivity contribution in [2.24, 2.45) is 11.8 Å². The topological polar surface area (TPSA) is 26.3 Å². The van der Waals surface area contributed by atoms with E-state index in [0.717, 1.165) is 25.7 Å². The van der Waals surface area contributed by atoms with Crippen LogP contribution in [0.25, 0.3) is 0 Å². The first-order chi connectivity index (χ1) is 7.02. The van der Waals surface area contributed by atoms with E-state index in [2.05, 4.69) is 13.8 Å². The van der Waals surface area contributed by atoms with Gasteiger partial charge in [-0.2, -0.15) is 0 Å². The summed E-state index contributed by atoms with van der Waals surface area (Å²) in [5.74, 6) is 0.443. The second kappa shape index (κ2) is 7.72. The largest absolute Gasteiger partial charge is 0.462 e. The van der Waals surface area contributed by atoms with Crippen LogP contribution in [0.4, 0.5) is 0 Å². The van der Waals surface area contributed by atoms with Crippen LogP contribution in [0.15, 0.2) is 0 Å². The van der Waals surface area contributed by atoms with Crippen molar-refractivity contribution in [1.29, 1.82) is 0 Å². The Morgan fingerprint density at radius 3 is 1.87 bits per heavy atom. The van der Waals surface area contributed by atoms with Gasteiger partial charge in [0.25, 0.3) is 0 Å². The van der Waals surface area contributed by atoms with Gasteiger partial charge in [-0.3, -0.25) is 4.79 Å². The Kier molecular flexibility index (Phi) is 7.45. The lowest BCUT2D eigenvalue weighted by molar-refractivity contribution is -0.154. The molecular formula is C13H26O2. The minimum Gasteiger partial charge on any atom is -0.462 e. The molecule has 1 atom stereocenters. The van der Waals surface area contributed by atoms with Crippen molar-refractivity contribution in [2.45, 2.75) is 66.4 Å². The average Bonchev–Trinajstić information content (AvgIpc) is 2.17. The van der Waals surface area contributed by atoms with Crippen LogP contribution in [0.5, 0.6) is 0 Å². The first-order valence-electron chi connectivity index (χ1n) is 6.23. The maximum absolute atomic E-state index is 11.4. The summed E-state index contributed by atoms with van der Waals surface area (Å²) in [6, 6.07) is 0. The zero-order valence-electron chi connectivity index (χ0n) is 10.9. The molecule has 2 nitrogen and oxygen atoms in total. The SMILES string of the molecule is CCCC(CCC)C(C)OC(=O)C(C)C. The first kappa shape index (κ1) is 14.5. The maximum Gasteiger partial charge on any atom is 0.308 e. The van der Waals surface area contributed by atoms with Crippen LogP contribution >= 0.6 is 0 Å². The summed E-state index contributed by atoms with van der Waals surface area (Å²) < 4.78 is 5.44. The van der Waals surface area contributed by atoms with E-state index in [1.165, 1.54) is 0 Å². The molecule has 0 aromatic carbocycles. The van der Waals surface area contributed by atoms with Crippen molar-refractivity contribution in [3.05, 3.63) is 0 Å². The van der Waals surface area contributed by atoms with Crippen molar-refractivity contribution in [3.8, 4) is 0 Å². The van der Waals surface area contributed by atoms with Crippen LogP contribution < -0.4 is 0 Å². The number of carbonyl (C=O) groups excluding carboxylic acids is 1. The number of rotatable bonds is 7. The van der Waals surface area contributed by atoms with Gasteiger partial charge in [0, 0.05) is 0 Å². The highest BCUT2D eigenvalue weighted by atomic mass is 16.5. The van der Waals surface area contributed by atoms with E-state index in [1.54, 1.807) is 0 Å². The average molecular weight is 214 g/mol. The van der Waals surface area contributed by atoms with Gasteiger partial charge in [0.2, 0.25) is 0 Å². The summed E-state index contributed by atoms with van der Waals surface area (Å²) in [6.07, 6.45) is 4.70. The lowest BCUT2D eigenvalue weighted by Crippen LogP contribution is -2.26. The molecule has 1 unspecified atom stereocenters. The lowest BCUT2D eigenvalue weighted by atomic mass is 9.93. The zero-order chi connectivity index (χ0) is 11.8. The Balaban J connectivity index is 4.11. The molecule has 0 N–H and O–H groups in total. The molecule has 0 aliphatic heterocycles. The smallest absolute Gasteiger partial charge is 0.308 e. The van der Waals surface area contributed by atoms with Crippen molar-refractivity contribution in [3.63, 3.8) is 0 Å². The summed E-state index contributed by atoms with van der Waals surface area (Å²) in [5, 5.41) is 0. The van der Waals surface area contributed by atoms with Gasteiger partial charge in [-0.25, -0.2) is 0 Å². The summed E-state index contributed by atoms with van der Waals surface area (Å²) in [6.45, 7) is 10.1. The Labute approximate surface area is 94.4 Å². The number of hydrogen-bond donors (Lipinski definition) is 0. The molecule has 0 spiro atoms. The number of hydrogen-bond acceptors (Lipinski definition) is 2. The lowest BCUT2D eigenvalue weighted by Gasteiger charge is -2.24. The molecule has 0 aliphatic carbocycles. The molecule has 0 saturated heterocycles. The highest BCUT2D eigenvalue weighted by Gasteiger charge is 2.20. The highest BCUT2D eigenvalue weighted by molar-refractivity contribution is 5.71. The number of esters is 1. The van der Waals surface area contributed by atoms with Gasteiger partial charge in [-0.1, -0.05) is 40.5 Å². The zero-order valence-corrected chi connectivity index (χ0v) is 10.9. The van der Waals surface area contributed by atoms with Gasteiger partial charge in [-0.05, 0) is 25.7 Å². The molecule has 0 fully saturated rings. The third kappa shape index (κ3) is 5.81. The van der Waals surface area contributed by atoms with Crippen LogP contribution in [-0.2, 0) is 9.53 Å². The fourth-order valence-electron chi connectivity index (χ4n) is 1.77. The summed E-state index contributed by atoms with van der Waals surface area (Å²) in [4.78, 5) is 11.4. The van der Waals surface area contributed by atoms with Crippen LogP contribution in [0, 0.1) is 11.8 Å². The van der Waals surface area contributed by atoms with Gasteiger partial charge in [0.1, 0.15) is 6.10 Å². The van der Waals surface area contributed by atoms with Crippen molar-refractivity contribution in [1.82, 2.24) is 0 Å². The van der Waals surface area contributed by atoms with Crippen LogP contribution in [0.3, 0.4) is 0 Å². The Bertz CT molecular complexity index is 169. The van der Waals surface area contributed by atoms with E-state index in [1.807, 2.05) is 20.8 Å². The van der Waals surface area contributed by atoms with E-state index in [4.69, 9.17) is 4.74 Å². The number of carbonyl (C=O) groups is 1. The van der Waals surface area contributed by atoms with Crippen molar-refractivity contribution >= 4 is 5.97 Å². The van der Waals surface area contributed by atoms with Gasteiger partial charge >= 0.3 is 5.97 Å². The molecule has 0 heterocycles. The predicted molar refractivity (Wildman–Crippen MR) is 63.7 cm³/mol. The minimum absolute atomic E-state index is 0.0173. The van der Waals surface area contributed by atoms with E-state index in [9.17, 15) is 4.79 Å². The quantitative estimate of drug-likeness (QED) is 0.603. The third-order valence-corrected chi connectivity index (χ3v) is 2.76. The molecule has 0 saturated carbocycles. The Morgan fingerprint density at radius 1 is 1.07 bits per heavy atom. The van der Waals surface area contributed by atoms with Gasteiger partial charge in [-0.15, -0.1) is 0 Å². The molecule has 2 heteroatoms. The van der Waals surface area contributed by atoms with E-state index >= 15 is 0 Å². The summed E-state index contributed by atoms with van der Waals surface area (Å²) >= 11 is 0. The van der Waals surface area contributed by atoms with E-state index < -0.39 is 0 Å². The van der Waals surface area contributed by atoms with Gasteiger partial charge < -0.3 is 4.74 Å². The van der Waals surface area contributed by atoms with Crippen LogP contribution in [0.2, 0.25) is 0 Å². The first-order valence-corrected chi connectivity index (χ1v) is 6.23. The monoisotopic (exact) mass is 214 g/mol. The fraction of sp³-hybridized carbons (Fsp3) is 0.923. The minimum atomic E-state index is -0.0697. The van der Waals surface area contributed by atoms with E-state index in [0.29, 0.717) is 5.92 Å². The van der Waals surface area contributed by atoms with Gasteiger partial charge in [0.05, 0.1) is 5.92 Å². The second-order valence-electron chi connectivity index (χ2n) is 4.63. The van der Waals surface area contributed by atoms with E-state index in [-0.39, 0.29) is 18.0 Å². The Hall–Kier alpha value is -0.530. The molecule has 0 aromatic rings. The number of ether oxygens (including phenoxy) is 1. The molecule has 0 aliphatic rings. The molecule has 15 heavy (non-hydrogen) atoms. The van der Waals surface area contributed by atoms with Gasteiger partial charge in [0.15, 0.2) is 0 Å². The molecule has 0 bridgehead atoms. The molecule has 0 rings (SSSR count). The maximum atomic E-state index is 11.4. The third-order valence-electron chi connectivity index (χ3n) is 2.76. The summed E-state index contributed by atoms with van der Waals surface area (Å²) in [5.41, 5.74) is 0. The molecule has 0 aromatic heterocycles.